The third kappa shape index (κ3) is 4.64. The molecule has 2 rings (SSSR count). The van der Waals surface area contributed by atoms with Crippen molar-refractivity contribution in [1.29, 1.82) is 0 Å². The molecule has 0 aliphatic heterocycles. The van der Waals surface area contributed by atoms with Crippen molar-refractivity contribution < 1.29 is 32.5 Å². The molecule has 0 radical (unpaired) electrons. The van der Waals surface area contributed by atoms with Gasteiger partial charge in [0.1, 0.15) is 17.2 Å². The molecule has 1 N–H and O–H groups in total. The largest absolute Gasteiger partial charge is 0.479 e. The van der Waals surface area contributed by atoms with Crippen LogP contribution in [-0.2, 0) is 11.0 Å². The van der Waals surface area contributed by atoms with Gasteiger partial charge in [-0.15, -0.1) is 0 Å². The van der Waals surface area contributed by atoms with Crippen LogP contribution in [0.25, 0.3) is 0 Å². The standard InChI is InChI=1S/C16H13F3O4/c1-10(15(20)21)22-12-6-8-14(9-7-12)23-13-4-2-11(3-5-13)16(17,18)19/h2-10H,1H3,(H,20,21)/t10-/m0/s1. The average molecular weight is 326 g/mol. The Labute approximate surface area is 130 Å². The number of benzene rings is 2. The second-order valence-electron chi connectivity index (χ2n) is 4.69. The van der Waals surface area contributed by atoms with E-state index < -0.39 is 23.8 Å². The summed E-state index contributed by atoms with van der Waals surface area (Å²) in [6.45, 7) is 1.40. The van der Waals surface area contributed by atoms with E-state index in [9.17, 15) is 18.0 Å². The van der Waals surface area contributed by atoms with Crippen LogP contribution >= 0.6 is 0 Å². The lowest BCUT2D eigenvalue weighted by Crippen LogP contribution is -2.22. The molecule has 1 atom stereocenters. The van der Waals surface area contributed by atoms with Gasteiger partial charge >= 0.3 is 12.1 Å². The lowest BCUT2D eigenvalue weighted by Gasteiger charge is -2.11. The Bertz CT molecular complexity index is 663. The van der Waals surface area contributed by atoms with Crippen molar-refractivity contribution in [2.75, 3.05) is 0 Å². The fraction of sp³-hybridized carbons (Fsp3) is 0.188. The number of carboxylic acids is 1. The van der Waals surface area contributed by atoms with Crippen molar-refractivity contribution in [3.05, 3.63) is 54.1 Å². The minimum Gasteiger partial charge on any atom is -0.479 e. The average Bonchev–Trinajstić information content (AvgIpc) is 2.49. The summed E-state index contributed by atoms with van der Waals surface area (Å²) in [5, 5.41) is 8.74. The molecule has 23 heavy (non-hydrogen) atoms. The number of alkyl halides is 3. The molecule has 122 valence electrons. The van der Waals surface area contributed by atoms with E-state index in [-0.39, 0.29) is 5.75 Å². The molecule has 0 unspecified atom stereocenters. The van der Waals surface area contributed by atoms with Crippen molar-refractivity contribution in [2.45, 2.75) is 19.2 Å². The molecule has 0 saturated carbocycles. The number of carboxylic acid groups (broad SMARTS) is 1. The lowest BCUT2D eigenvalue weighted by molar-refractivity contribution is -0.144. The summed E-state index contributed by atoms with van der Waals surface area (Å²) in [6, 6.07) is 10.4. The zero-order chi connectivity index (χ0) is 17.0. The molecular formula is C16H13F3O4. The highest BCUT2D eigenvalue weighted by molar-refractivity contribution is 5.72. The first-order chi connectivity index (χ1) is 10.8. The third-order valence-corrected chi connectivity index (χ3v) is 2.90. The molecule has 0 aromatic heterocycles. The van der Waals surface area contributed by atoms with Gasteiger partial charge in [-0.1, -0.05) is 0 Å². The highest BCUT2D eigenvalue weighted by atomic mass is 19.4. The van der Waals surface area contributed by atoms with Crippen LogP contribution in [0.2, 0.25) is 0 Å². The molecule has 2 aromatic carbocycles. The van der Waals surface area contributed by atoms with Crippen LogP contribution in [0.4, 0.5) is 13.2 Å². The van der Waals surface area contributed by atoms with Gasteiger partial charge in [0.25, 0.3) is 0 Å². The quantitative estimate of drug-likeness (QED) is 0.887. The second kappa shape index (κ2) is 6.60. The number of carbonyl (C=O) groups is 1. The van der Waals surface area contributed by atoms with Crippen molar-refractivity contribution in [2.24, 2.45) is 0 Å². The molecule has 0 aliphatic carbocycles. The van der Waals surface area contributed by atoms with Gasteiger partial charge in [0.2, 0.25) is 0 Å². The zero-order valence-electron chi connectivity index (χ0n) is 12.0. The van der Waals surface area contributed by atoms with E-state index in [4.69, 9.17) is 14.6 Å². The number of ether oxygens (including phenoxy) is 2. The fourth-order valence-electron chi connectivity index (χ4n) is 1.69. The Balaban J connectivity index is 2.02. The Morgan fingerprint density at radius 3 is 1.83 bits per heavy atom. The molecule has 0 fully saturated rings. The van der Waals surface area contributed by atoms with Gasteiger partial charge < -0.3 is 14.6 Å². The van der Waals surface area contributed by atoms with Gasteiger partial charge in [0.15, 0.2) is 6.10 Å². The Hall–Kier alpha value is -2.70. The molecule has 4 nitrogen and oxygen atoms in total. The minimum atomic E-state index is -4.39. The Morgan fingerprint density at radius 2 is 1.39 bits per heavy atom. The molecule has 7 heteroatoms. The maximum atomic E-state index is 12.5. The van der Waals surface area contributed by atoms with Gasteiger partial charge in [-0.2, -0.15) is 13.2 Å². The summed E-state index contributed by atoms with van der Waals surface area (Å²) in [7, 11) is 0. The first-order valence-corrected chi connectivity index (χ1v) is 6.60. The SMILES string of the molecule is C[C@H](Oc1ccc(Oc2ccc(C(F)(F)F)cc2)cc1)C(=O)O. The van der Waals surface area contributed by atoms with E-state index in [1.54, 1.807) is 0 Å². The summed E-state index contributed by atoms with van der Waals surface area (Å²) in [5.41, 5.74) is -0.753. The van der Waals surface area contributed by atoms with E-state index in [1.165, 1.54) is 43.3 Å². The maximum absolute atomic E-state index is 12.5. The van der Waals surface area contributed by atoms with E-state index in [2.05, 4.69) is 0 Å². The van der Waals surface area contributed by atoms with Crippen molar-refractivity contribution >= 4 is 5.97 Å². The van der Waals surface area contributed by atoms with Gasteiger partial charge in [-0.3, -0.25) is 0 Å². The van der Waals surface area contributed by atoms with Crippen LogP contribution in [0.1, 0.15) is 12.5 Å². The number of rotatable bonds is 5. The summed E-state index contributed by atoms with van der Waals surface area (Å²) < 4.78 is 47.9. The summed E-state index contributed by atoms with van der Waals surface area (Å²) in [6.07, 6.45) is -5.38. The van der Waals surface area contributed by atoms with Crippen molar-refractivity contribution in [1.82, 2.24) is 0 Å². The fourth-order valence-corrected chi connectivity index (χ4v) is 1.69. The predicted octanol–water partition coefficient (Wildman–Crippen LogP) is 4.35. The molecular weight excluding hydrogens is 313 g/mol. The van der Waals surface area contributed by atoms with E-state index in [0.29, 0.717) is 11.5 Å². The second-order valence-corrected chi connectivity index (χ2v) is 4.69. The molecule has 0 heterocycles. The van der Waals surface area contributed by atoms with Crippen LogP contribution in [0.15, 0.2) is 48.5 Å². The molecule has 0 spiro atoms. The number of hydrogen-bond acceptors (Lipinski definition) is 3. The Morgan fingerprint density at radius 1 is 0.957 bits per heavy atom. The summed E-state index contributed by atoms with van der Waals surface area (Å²) >= 11 is 0. The summed E-state index contributed by atoms with van der Waals surface area (Å²) in [4.78, 5) is 10.7. The normalized spacial score (nSPS) is 12.5. The summed E-state index contributed by atoms with van der Waals surface area (Å²) in [5.74, 6) is -0.0968. The lowest BCUT2D eigenvalue weighted by atomic mass is 10.2. The van der Waals surface area contributed by atoms with E-state index in [1.807, 2.05) is 0 Å². The number of aliphatic carboxylic acids is 1. The van der Waals surface area contributed by atoms with Crippen LogP contribution in [0.5, 0.6) is 17.2 Å². The van der Waals surface area contributed by atoms with Crippen LogP contribution < -0.4 is 9.47 Å². The van der Waals surface area contributed by atoms with Gasteiger partial charge in [-0.25, -0.2) is 4.79 Å². The third-order valence-electron chi connectivity index (χ3n) is 2.90. The maximum Gasteiger partial charge on any atom is 0.416 e. The highest BCUT2D eigenvalue weighted by Crippen LogP contribution is 2.31. The van der Waals surface area contributed by atoms with Crippen LogP contribution in [-0.4, -0.2) is 17.2 Å². The zero-order valence-corrected chi connectivity index (χ0v) is 12.0. The van der Waals surface area contributed by atoms with Gasteiger partial charge in [0, 0.05) is 0 Å². The molecule has 0 saturated heterocycles. The monoisotopic (exact) mass is 326 g/mol. The first-order valence-electron chi connectivity index (χ1n) is 6.60. The molecule has 2 aromatic rings. The molecule has 0 amide bonds. The topological polar surface area (TPSA) is 55.8 Å². The molecule has 0 bridgehead atoms. The van der Waals surface area contributed by atoms with Crippen LogP contribution in [0, 0.1) is 0 Å². The van der Waals surface area contributed by atoms with Gasteiger partial charge in [-0.05, 0) is 55.5 Å². The Kier molecular flexibility index (Phi) is 4.78. The van der Waals surface area contributed by atoms with Gasteiger partial charge in [0.05, 0.1) is 5.56 Å². The van der Waals surface area contributed by atoms with E-state index >= 15 is 0 Å². The predicted molar refractivity (Wildman–Crippen MR) is 75.7 cm³/mol. The smallest absolute Gasteiger partial charge is 0.416 e. The number of halogens is 3. The highest BCUT2D eigenvalue weighted by Gasteiger charge is 2.30. The first kappa shape index (κ1) is 16.7. The van der Waals surface area contributed by atoms with Crippen molar-refractivity contribution in [3.8, 4) is 17.2 Å². The van der Waals surface area contributed by atoms with Crippen molar-refractivity contribution in [3.63, 3.8) is 0 Å². The molecule has 0 aliphatic rings. The number of hydrogen-bond donors (Lipinski definition) is 1. The van der Waals surface area contributed by atoms with Crippen LogP contribution in [0.3, 0.4) is 0 Å². The minimum absolute atomic E-state index is 0.255. The van der Waals surface area contributed by atoms with E-state index in [0.717, 1.165) is 12.1 Å².